The summed E-state index contributed by atoms with van der Waals surface area (Å²) in [4.78, 5) is 13.5. The van der Waals surface area contributed by atoms with E-state index in [0.29, 0.717) is 5.82 Å². The molecule has 0 aliphatic carbocycles. The van der Waals surface area contributed by atoms with E-state index >= 15 is 0 Å². The Labute approximate surface area is 150 Å². The summed E-state index contributed by atoms with van der Waals surface area (Å²) < 4.78 is 13.6. The van der Waals surface area contributed by atoms with Crippen molar-refractivity contribution in [3.8, 4) is 22.5 Å². The molecule has 2 aromatic carbocycles. The lowest BCUT2D eigenvalue weighted by atomic mass is 10.0. The lowest BCUT2D eigenvalue weighted by Crippen LogP contribution is -2.03. The van der Waals surface area contributed by atoms with Crippen molar-refractivity contribution in [3.05, 3.63) is 72.8 Å². The molecule has 4 aromatic rings. The van der Waals surface area contributed by atoms with E-state index in [2.05, 4.69) is 20.3 Å². The molecule has 0 atom stereocenters. The first-order valence-electron chi connectivity index (χ1n) is 8.46. The van der Waals surface area contributed by atoms with Crippen LogP contribution in [0.4, 0.5) is 10.2 Å². The molecule has 0 aliphatic heterocycles. The molecule has 0 bridgehead atoms. The lowest BCUT2D eigenvalue weighted by molar-refractivity contribution is 0.628. The SMILES string of the molecule is CCNc1nc(-c2cccnc2)nc2ccc(-c3cccc(F)c3)cc12. The van der Waals surface area contributed by atoms with E-state index in [1.54, 1.807) is 18.5 Å². The molecule has 2 aromatic heterocycles. The van der Waals surface area contributed by atoms with Crippen molar-refractivity contribution in [2.24, 2.45) is 0 Å². The minimum absolute atomic E-state index is 0.252. The maximum atomic E-state index is 13.6. The number of anilines is 1. The van der Waals surface area contributed by atoms with Crippen molar-refractivity contribution in [1.29, 1.82) is 0 Å². The van der Waals surface area contributed by atoms with Crippen LogP contribution in [0.2, 0.25) is 0 Å². The van der Waals surface area contributed by atoms with Crippen LogP contribution in [0.1, 0.15) is 6.92 Å². The van der Waals surface area contributed by atoms with Gasteiger partial charge in [0.05, 0.1) is 5.52 Å². The molecule has 0 aliphatic rings. The van der Waals surface area contributed by atoms with E-state index in [4.69, 9.17) is 0 Å². The Hall–Kier alpha value is -3.34. The summed E-state index contributed by atoms with van der Waals surface area (Å²) >= 11 is 0. The highest BCUT2D eigenvalue weighted by Crippen LogP contribution is 2.29. The average Bonchev–Trinajstić information content (AvgIpc) is 2.68. The third-order valence-electron chi connectivity index (χ3n) is 4.12. The van der Waals surface area contributed by atoms with Gasteiger partial charge in [0.2, 0.25) is 0 Å². The first kappa shape index (κ1) is 16.1. The van der Waals surface area contributed by atoms with Gasteiger partial charge in [0.15, 0.2) is 5.82 Å². The van der Waals surface area contributed by atoms with Crippen molar-refractivity contribution in [2.45, 2.75) is 6.92 Å². The molecule has 0 unspecified atom stereocenters. The molecular formula is C21H17FN4. The zero-order chi connectivity index (χ0) is 17.9. The monoisotopic (exact) mass is 344 g/mol. The number of hydrogen-bond acceptors (Lipinski definition) is 4. The van der Waals surface area contributed by atoms with Crippen LogP contribution >= 0.6 is 0 Å². The topological polar surface area (TPSA) is 50.7 Å². The predicted octanol–water partition coefficient (Wildman–Crippen LogP) is 4.93. The fourth-order valence-electron chi connectivity index (χ4n) is 2.90. The summed E-state index contributed by atoms with van der Waals surface area (Å²) in [5.41, 5.74) is 3.44. The maximum absolute atomic E-state index is 13.6. The molecule has 1 N–H and O–H groups in total. The van der Waals surface area contributed by atoms with Gasteiger partial charge in [0.25, 0.3) is 0 Å². The van der Waals surface area contributed by atoms with Gasteiger partial charge in [0.1, 0.15) is 11.6 Å². The second kappa shape index (κ2) is 6.88. The molecule has 0 saturated carbocycles. The van der Waals surface area contributed by atoms with E-state index in [-0.39, 0.29) is 5.82 Å². The molecule has 26 heavy (non-hydrogen) atoms. The van der Waals surface area contributed by atoms with Crippen LogP contribution in [0.25, 0.3) is 33.4 Å². The molecule has 5 heteroatoms. The zero-order valence-corrected chi connectivity index (χ0v) is 14.3. The van der Waals surface area contributed by atoms with Crippen LogP contribution < -0.4 is 5.32 Å². The maximum Gasteiger partial charge on any atom is 0.163 e. The Morgan fingerprint density at radius 3 is 2.54 bits per heavy atom. The molecule has 0 radical (unpaired) electrons. The molecular weight excluding hydrogens is 327 g/mol. The molecule has 4 nitrogen and oxygen atoms in total. The van der Waals surface area contributed by atoms with Gasteiger partial charge in [-0.3, -0.25) is 4.98 Å². The average molecular weight is 344 g/mol. The molecule has 2 heterocycles. The van der Waals surface area contributed by atoms with Gasteiger partial charge in [-0.2, -0.15) is 0 Å². The third kappa shape index (κ3) is 3.11. The highest BCUT2D eigenvalue weighted by atomic mass is 19.1. The van der Waals surface area contributed by atoms with E-state index in [1.165, 1.54) is 12.1 Å². The summed E-state index contributed by atoms with van der Waals surface area (Å²) in [6, 6.07) is 16.3. The summed E-state index contributed by atoms with van der Waals surface area (Å²) in [5, 5.41) is 4.21. The van der Waals surface area contributed by atoms with Crippen LogP contribution in [-0.2, 0) is 0 Å². The number of fused-ring (bicyclic) bond motifs is 1. The van der Waals surface area contributed by atoms with Gasteiger partial charge in [0, 0.05) is 29.9 Å². The minimum atomic E-state index is -0.252. The quantitative estimate of drug-likeness (QED) is 0.570. The van der Waals surface area contributed by atoms with E-state index in [1.807, 2.05) is 43.3 Å². The van der Waals surface area contributed by atoms with E-state index in [9.17, 15) is 4.39 Å². The Bertz CT molecular complexity index is 1060. The van der Waals surface area contributed by atoms with Gasteiger partial charge < -0.3 is 5.32 Å². The van der Waals surface area contributed by atoms with Crippen molar-refractivity contribution in [2.75, 3.05) is 11.9 Å². The number of hydrogen-bond donors (Lipinski definition) is 1. The van der Waals surface area contributed by atoms with E-state index in [0.717, 1.165) is 40.0 Å². The summed E-state index contributed by atoms with van der Waals surface area (Å²) in [6.45, 7) is 2.76. The number of nitrogens with one attached hydrogen (secondary N) is 1. The van der Waals surface area contributed by atoms with Crippen LogP contribution in [-0.4, -0.2) is 21.5 Å². The highest BCUT2D eigenvalue weighted by Gasteiger charge is 2.11. The van der Waals surface area contributed by atoms with Gasteiger partial charge in [-0.25, -0.2) is 14.4 Å². The molecule has 0 amide bonds. The number of rotatable bonds is 4. The number of benzene rings is 2. The fourth-order valence-corrected chi connectivity index (χ4v) is 2.90. The summed E-state index contributed by atoms with van der Waals surface area (Å²) in [7, 11) is 0. The van der Waals surface area contributed by atoms with Crippen LogP contribution in [0.15, 0.2) is 67.0 Å². The Morgan fingerprint density at radius 2 is 1.77 bits per heavy atom. The second-order valence-electron chi connectivity index (χ2n) is 5.91. The minimum Gasteiger partial charge on any atom is -0.370 e. The number of pyridine rings is 1. The van der Waals surface area contributed by atoms with Gasteiger partial charge in [-0.1, -0.05) is 18.2 Å². The predicted molar refractivity (Wildman–Crippen MR) is 102 cm³/mol. The van der Waals surface area contributed by atoms with Gasteiger partial charge in [-0.05, 0) is 54.4 Å². The van der Waals surface area contributed by atoms with Crippen LogP contribution in [0.5, 0.6) is 0 Å². The number of halogens is 1. The van der Waals surface area contributed by atoms with Crippen LogP contribution in [0, 0.1) is 5.82 Å². The lowest BCUT2D eigenvalue weighted by Gasteiger charge is -2.11. The van der Waals surface area contributed by atoms with Crippen molar-refractivity contribution in [1.82, 2.24) is 15.0 Å². The first-order valence-corrected chi connectivity index (χ1v) is 8.46. The van der Waals surface area contributed by atoms with E-state index < -0.39 is 0 Å². The van der Waals surface area contributed by atoms with Gasteiger partial charge in [-0.15, -0.1) is 0 Å². The van der Waals surface area contributed by atoms with Crippen molar-refractivity contribution in [3.63, 3.8) is 0 Å². The largest absolute Gasteiger partial charge is 0.370 e. The van der Waals surface area contributed by atoms with Crippen LogP contribution in [0.3, 0.4) is 0 Å². The zero-order valence-electron chi connectivity index (χ0n) is 14.3. The van der Waals surface area contributed by atoms with Crippen molar-refractivity contribution < 1.29 is 4.39 Å². The van der Waals surface area contributed by atoms with Gasteiger partial charge >= 0.3 is 0 Å². The smallest absolute Gasteiger partial charge is 0.163 e. The molecule has 4 rings (SSSR count). The third-order valence-corrected chi connectivity index (χ3v) is 4.12. The Balaban J connectivity index is 1.88. The fraction of sp³-hybridized carbons (Fsp3) is 0.0952. The highest BCUT2D eigenvalue weighted by molar-refractivity contribution is 5.93. The standard InChI is InChI=1S/C21H17FN4/c1-2-24-21-18-12-15(14-5-3-7-17(22)11-14)8-9-19(18)25-20(26-21)16-6-4-10-23-13-16/h3-13H,2H2,1H3,(H,24,25,26). The first-order chi connectivity index (χ1) is 12.7. The molecule has 0 saturated heterocycles. The number of nitrogens with zero attached hydrogens (tertiary/aromatic N) is 3. The Kier molecular flexibility index (Phi) is 4.27. The number of aromatic nitrogens is 3. The Morgan fingerprint density at radius 1 is 0.923 bits per heavy atom. The molecule has 0 fully saturated rings. The normalized spacial score (nSPS) is 10.8. The van der Waals surface area contributed by atoms with Crippen molar-refractivity contribution >= 4 is 16.7 Å². The second-order valence-corrected chi connectivity index (χ2v) is 5.91. The summed E-state index contributed by atoms with van der Waals surface area (Å²) in [6.07, 6.45) is 3.47. The molecule has 0 spiro atoms. The molecule has 128 valence electrons. The summed E-state index contributed by atoms with van der Waals surface area (Å²) in [5.74, 6) is 1.13.